The zero-order valence-corrected chi connectivity index (χ0v) is 20.0. The van der Waals surface area contributed by atoms with Gasteiger partial charge in [-0.1, -0.05) is 70.5 Å². The highest BCUT2D eigenvalue weighted by atomic mass is 79.9. The molecule has 0 saturated heterocycles. The van der Waals surface area contributed by atoms with Crippen LogP contribution in [-0.4, -0.2) is 9.97 Å². The van der Waals surface area contributed by atoms with E-state index in [1.807, 2.05) is 6.07 Å². The van der Waals surface area contributed by atoms with Crippen molar-refractivity contribution in [2.24, 2.45) is 0 Å². The maximum atomic E-state index is 4.97. The van der Waals surface area contributed by atoms with Crippen LogP contribution in [0.15, 0.2) is 114 Å². The van der Waals surface area contributed by atoms with Crippen LogP contribution >= 0.6 is 23.2 Å². The third-order valence-corrected chi connectivity index (χ3v) is 10.3. The van der Waals surface area contributed by atoms with E-state index in [1.54, 1.807) is 0 Å². The second-order valence-corrected chi connectivity index (χ2v) is 11.7. The highest BCUT2D eigenvalue weighted by molar-refractivity contribution is 9.10. The predicted octanol–water partition coefficient (Wildman–Crippen LogP) is 2.82. The smallest absolute Gasteiger partial charge is 0.146 e. The van der Waals surface area contributed by atoms with Crippen molar-refractivity contribution in [3.63, 3.8) is 0 Å². The molecule has 1 aromatic heterocycles. The highest BCUT2D eigenvalue weighted by Crippen LogP contribution is 2.57. The standard InChI is InChI=1S/C26H21BrN2P.ClH/c27-20-16-17-24-25(18-20)29-26(28-24)19-30(21-10-4-1-5-11-21,22-12-6-2-7-13-22)23-14-8-3-9-15-23;/h1-18H,19H2,(H,28,29);1H/q+1;/p-1. The summed E-state index contributed by atoms with van der Waals surface area (Å²) in [6.45, 7) is 0. The molecule has 0 aliphatic heterocycles. The normalized spacial score (nSPS) is 11.3. The SMILES string of the molecule is Brc1ccc2nc(C[P+](c3ccccc3)(c3ccccc3)c3ccccc3)[nH]c2c1.[Cl-]. The lowest BCUT2D eigenvalue weighted by Gasteiger charge is -2.26. The number of benzene rings is 4. The van der Waals surface area contributed by atoms with Crippen molar-refractivity contribution in [3.8, 4) is 0 Å². The molecule has 5 rings (SSSR count). The Labute approximate surface area is 197 Å². The Morgan fingerprint density at radius 1 is 0.677 bits per heavy atom. The number of rotatable bonds is 5. The number of fused-ring (bicyclic) bond motifs is 1. The lowest BCUT2D eigenvalue weighted by atomic mass is 10.3. The Kier molecular flexibility index (Phi) is 6.57. The minimum Gasteiger partial charge on any atom is -1.00 e. The Bertz CT molecular complexity index is 1180. The van der Waals surface area contributed by atoms with Gasteiger partial charge in [0.05, 0.1) is 11.0 Å². The summed E-state index contributed by atoms with van der Waals surface area (Å²) in [6.07, 6.45) is 0.845. The molecule has 0 amide bonds. The van der Waals surface area contributed by atoms with Crippen LogP contribution in [0.4, 0.5) is 0 Å². The molecule has 0 aliphatic carbocycles. The second kappa shape index (κ2) is 9.36. The van der Waals surface area contributed by atoms with E-state index in [-0.39, 0.29) is 12.4 Å². The van der Waals surface area contributed by atoms with Crippen molar-refractivity contribution in [1.82, 2.24) is 9.97 Å². The van der Waals surface area contributed by atoms with E-state index in [2.05, 4.69) is 124 Å². The van der Waals surface area contributed by atoms with Gasteiger partial charge in [0.15, 0.2) is 0 Å². The van der Waals surface area contributed by atoms with Crippen molar-refractivity contribution in [2.75, 3.05) is 0 Å². The van der Waals surface area contributed by atoms with Gasteiger partial charge in [-0.2, -0.15) is 0 Å². The summed E-state index contributed by atoms with van der Waals surface area (Å²) >= 11 is 3.57. The number of hydrogen-bond acceptors (Lipinski definition) is 1. The van der Waals surface area contributed by atoms with E-state index in [0.29, 0.717) is 0 Å². The summed E-state index contributed by atoms with van der Waals surface area (Å²) in [6, 6.07) is 39.0. The molecule has 1 heterocycles. The van der Waals surface area contributed by atoms with Crippen molar-refractivity contribution in [3.05, 3.63) is 119 Å². The van der Waals surface area contributed by atoms with Crippen LogP contribution in [0.1, 0.15) is 5.82 Å². The fourth-order valence-electron chi connectivity index (χ4n) is 4.10. The lowest BCUT2D eigenvalue weighted by molar-refractivity contribution is -0.00000587. The van der Waals surface area contributed by atoms with E-state index in [1.165, 1.54) is 15.9 Å². The number of aromatic amines is 1. The molecule has 31 heavy (non-hydrogen) atoms. The van der Waals surface area contributed by atoms with E-state index in [4.69, 9.17) is 4.98 Å². The summed E-state index contributed by atoms with van der Waals surface area (Å²) in [4.78, 5) is 8.55. The summed E-state index contributed by atoms with van der Waals surface area (Å²) in [5.74, 6) is 1.02. The van der Waals surface area contributed by atoms with Crippen LogP contribution in [0, 0.1) is 0 Å². The third-order valence-electron chi connectivity index (χ3n) is 5.47. The van der Waals surface area contributed by atoms with Gasteiger partial charge in [0.1, 0.15) is 35.2 Å². The molecule has 5 heteroatoms. The Morgan fingerprint density at radius 3 is 1.65 bits per heavy atom. The van der Waals surface area contributed by atoms with Crippen LogP contribution in [0.5, 0.6) is 0 Å². The van der Waals surface area contributed by atoms with Crippen molar-refractivity contribution in [1.29, 1.82) is 0 Å². The Morgan fingerprint density at radius 2 is 1.16 bits per heavy atom. The van der Waals surface area contributed by atoms with Gasteiger partial charge in [-0.05, 0) is 54.6 Å². The van der Waals surface area contributed by atoms with Crippen LogP contribution in [0.2, 0.25) is 0 Å². The molecular weight excluding hydrogens is 487 g/mol. The molecule has 1 N–H and O–H groups in total. The van der Waals surface area contributed by atoms with Crippen molar-refractivity contribution in [2.45, 2.75) is 6.16 Å². The molecule has 0 fully saturated rings. The zero-order valence-electron chi connectivity index (χ0n) is 16.7. The van der Waals surface area contributed by atoms with Crippen molar-refractivity contribution < 1.29 is 12.4 Å². The molecule has 0 spiro atoms. The first-order chi connectivity index (χ1) is 14.8. The maximum Gasteiger partial charge on any atom is 0.146 e. The summed E-state index contributed by atoms with van der Waals surface area (Å²) in [7, 11) is -1.95. The number of nitrogens with one attached hydrogen (secondary N) is 1. The first kappa shape index (κ1) is 21.8. The number of nitrogens with zero attached hydrogens (tertiary/aromatic N) is 1. The van der Waals surface area contributed by atoms with Gasteiger partial charge in [-0.25, -0.2) is 4.98 Å². The van der Waals surface area contributed by atoms with Crippen LogP contribution in [0.3, 0.4) is 0 Å². The number of imidazole rings is 1. The molecular formula is C26H21BrClN2P. The largest absolute Gasteiger partial charge is 1.00 e. The third kappa shape index (κ3) is 4.19. The van der Waals surface area contributed by atoms with E-state index in [0.717, 1.165) is 27.5 Å². The van der Waals surface area contributed by atoms with Gasteiger partial charge in [-0.15, -0.1) is 0 Å². The van der Waals surface area contributed by atoms with Crippen LogP contribution < -0.4 is 28.3 Å². The highest BCUT2D eigenvalue weighted by Gasteiger charge is 2.46. The Hall–Kier alpha value is -2.45. The maximum absolute atomic E-state index is 4.97. The van der Waals surface area contributed by atoms with E-state index < -0.39 is 7.26 Å². The molecule has 2 nitrogen and oxygen atoms in total. The lowest BCUT2D eigenvalue weighted by Crippen LogP contribution is -3.00. The van der Waals surface area contributed by atoms with Gasteiger partial charge in [0.2, 0.25) is 0 Å². The minimum atomic E-state index is -1.95. The quantitative estimate of drug-likeness (QED) is 0.364. The molecule has 4 aromatic carbocycles. The van der Waals surface area contributed by atoms with Crippen molar-refractivity contribution >= 4 is 50.1 Å². The monoisotopic (exact) mass is 506 g/mol. The van der Waals surface area contributed by atoms with Gasteiger partial charge < -0.3 is 17.4 Å². The molecule has 154 valence electrons. The van der Waals surface area contributed by atoms with Gasteiger partial charge in [0.25, 0.3) is 0 Å². The topological polar surface area (TPSA) is 28.7 Å². The first-order valence-electron chi connectivity index (χ1n) is 9.95. The average molecular weight is 508 g/mol. The molecule has 0 bridgehead atoms. The van der Waals surface area contributed by atoms with E-state index in [9.17, 15) is 0 Å². The number of aromatic nitrogens is 2. The number of halogens is 2. The molecule has 0 saturated carbocycles. The fourth-order valence-corrected chi connectivity index (χ4v) is 8.55. The van der Waals surface area contributed by atoms with Crippen LogP contribution in [0.25, 0.3) is 11.0 Å². The van der Waals surface area contributed by atoms with Crippen LogP contribution in [-0.2, 0) is 6.16 Å². The second-order valence-electron chi connectivity index (χ2n) is 7.32. The molecule has 0 atom stereocenters. The van der Waals surface area contributed by atoms with Gasteiger partial charge in [-0.3, -0.25) is 0 Å². The fraction of sp³-hybridized carbons (Fsp3) is 0.0385. The minimum absolute atomic E-state index is 0. The first-order valence-corrected chi connectivity index (χ1v) is 12.7. The number of hydrogen-bond donors (Lipinski definition) is 1. The summed E-state index contributed by atoms with van der Waals surface area (Å²) < 4.78 is 1.06. The molecule has 5 aromatic rings. The van der Waals surface area contributed by atoms with Gasteiger partial charge >= 0.3 is 0 Å². The number of H-pyrrole nitrogens is 1. The average Bonchev–Trinajstić information content (AvgIpc) is 3.20. The molecule has 0 unspecified atom stereocenters. The summed E-state index contributed by atoms with van der Waals surface area (Å²) in [5, 5.41) is 4.09. The van der Waals surface area contributed by atoms with Gasteiger partial charge in [0, 0.05) is 4.47 Å². The van der Waals surface area contributed by atoms with E-state index >= 15 is 0 Å². The Balaban J connectivity index is 0.00000231. The zero-order chi connectivity index (χ0) is 20.4. The predicted molar refractivity (Wildman–Crippen MR) is 133 cm³/mol. The molecule has 0 aliphatic rings. The molecule has 0 radical (unpaired) electrons. The summed E-state index contributed by atoms with van der Waals surface area (Å²) in [5.41, 5.74) is 2.06.